The predicted octanol–water partition coefficient (Wildman–Crippen LogP) is 4.43. The molecule has 0 aliphatic carbocycles. The summed E-state index contributed by atoms with van der Waals surface area (Å²) >= 11 is 7.79. The maximum Gasteiger partial charge on any atom is 0.172 e. The lowest BCUT2D eigenvalue weighted by molar-refractivity contribution is 0.469. The summed E-state index contributed by atoms with van der Waals surface area (Å²) in [6.45, 7) is 3.36. The second-order valence-corrected chi connectivity index (χ2v) is 6.98. The van der Waals surface area contributed by atoms with Crippen molar-refractivity contribution < 1.29 is 4.74 Å². The summed E-state index contributed by atoms with van der Waals surface area (Å²) < 4.78 is 5.94. The maximum absolute atomic E-state index is 9.05. The van der Waals surface area contributed by atoms with Crippen LogP contribution in [0.1, 0.15) is 21.8 Å². The first kappa shape index (κ1) is 17.5. The molecule has 2 aromatic heterocycles. The Balaban J connectivity index is 1.65. The van der Waals surface area contributed by atoms with Gasteiger partial charge in [-0.25, -0.2) is 0 Å². The summed E-state index contributed by atoms with van der Waals surface area (Å²) in [5.74, 6) is 1.18. The maximum atomic E-state index is 9.05. The van der Waals surface area contributed by atoms with Crippen molar-refractivity contribution in [2.45, 2.75) is 19.9 Å². The van der Waals surface area contributed by atoms with Crippen molar-refractivity contribution in [1.82, 2.24) is 15.5 Å². The molecule has 0 fully saturated rings. The number of ether oxygens (including phenoxy) is 1. The van der Waals surface area contributed by atoms with E-state index in [9.17, 15) is 0 Å². The Bertz CT molecular complexity index is 883. The molecule has 0 spiro atoms. The second-order valence-electron chi connectivity index (χ2n) is 5.51. The van der Waals surface area contributed by atoms with Gasteiger partial charge in [0.2, 0.25) is 0 Å². The summed E-state index contributed by atoms with van der Waals surface area (Å²) in [6, 6.07) is 11.2. The summed E-state index contributed by atoms with van der Waals surface area (Å²) in [5, 5.41) is 22.2. The molecule has 3 rings (SSSR count). The number of nitriles is 1. The fourth-order valence-electron chi connectivity index (χ4n) is 2.41. The normalized spacial score (nSPS) is 10.6. The summed E-state index contributed by atoms with van der Waals surface area (Å²) in [7, 11) is 0. The number of hydrogen-bond donors (Lipinski definition) is 2. The third-order valence-electron chi connectivity index (χ3n) is 3.61. The topological polar surface area (TPSA) is 73.7 Å². The molecule has 0 saturated heterocycles. The molecule has 3 aromatic rings. The van der Waals surface area contributed by atoms with Crippen LogP contribution in [-0.4, -0.2) is 16.7 Å². The molecule has 25 heavy (non-hydrogen) atoms. The van der Waals surface area contributed by atoms with Gasteiger partial charge in [-0.05, 0) is 43.0 Å². The third-order valence-corrected chi connectivity index (χ3v) is 4.77. The van der Waals surface area contributed by atoms with Crippen LogP contribution >= 0.6 is 22.9 Å². The molecule has 128 valence electrons. The number of hydrogen-bond acceptors (Lipinski definition) is 5. The second kappa shape index (κ2) is 8.17. The molecular formula is C18H17ClN4OS. The molecule has 0 saturated carbocycles. The number of rotatable bonds is 7. The first-order chi connectivity index (χ1) is 12.2. The summed E-state index contributed by atoms with van der Waals surface area (Å²) in [6.07, 6.45) is 0.987. The van der Waals surface area contributed by atoms with Crippen LogP contribution in [0.2, 0.25) is 5.02 Å². The number of H-pyrrole nitrogens is 1. The molecular weight excluding hydrogens is 356 g/mol. The summed E-state index contributed by atoms with van der Waals surface area (Å²) in [5.41, 5.74) is 2.08. The Morgan fingerprint density at radius 2 is 2.28 bits per heavy atom. The largest absolute Gasteiger partial charge is 0.453 e. The van der Waals surface area contributed by atoms with Gasteiger partial charge in [-0.2, -0.15) is 10.4 Å². The van der Waals surface area contributed by atoms with Crippen molar-refractivity contribution in [3.8, 4) is 17.6 Å². The van der Waals surface area contributed by atoms with Gasteiger partial charge in [0.05, 0.1) is 17.3 Å². The Morgan fingerprint density at radius 3 is 3.04 bits per heavy atom. The van der Waals surface area contributed by atoms with Crippen LogP contribution < -0.4 is 10.1 Å². The first-order valence-electron chi connectivity index (χ1n) is 7.81. The van der Waals surface area contributed by atoms with E-state index >= 15 is 0 Å². The average Bonchev–Trinajstić information content (AvgIpc) is 3.23. The number of nitrogens with zero attached hydrogens (tertiary/aromatic N) is 2. The van der Waals surface area contributed by atoms with Crippen LogP contribution in [0, 0.1) is 18.3 Å². The highest BCUT2D eigenvalue weighted by atomic mass is 35.5. The first-order valence-corrected chi connectivity index (χ1v) is 9.07. The van der Waals surface area contributed by atoms with Crippen molar-refractivity contribution in [2.75, 3.05) is 6.54 Å². The average molecular weight is 373 g/mol. The van der Waals surface area contributed by atoms with Gasteiger partial charge in [0.25, 0.3) is 0 Å². The number of halogens is 1. The number of aromatic nitrogens is 2. The minimum atomic E-state index is 0.458. The van der Waals surface area contributed by atoms with Crippen molar-refractivity contribution in [1.29, 1.82) is 5.26 Å². The van der Waals surface area contributed by atoms with Gasteiger partial charge in [0, 0.05) is 23.0 Å². The van der Waals surface area contributed by atoms with Gasteiger partial charge in [-0.3, -0.25) is 5.10 Å². The molecule has 0 aliphatic heterocycles. The Kier molecular flexibility index (Phi) is 5.71. The van der Waals surface area contributed by atoms with Gasteiger partial charge in [-0.15, -0.1) is 11.3 Å². The molecule has 2 heterocycles. The smallest absolute Gasteiger partial charge is 0.172 e. The van der Waals surface area contributed by atoms with Crippen molar-refractivity contribution in [3.05, 3.63) is 62.6 Å². The Morgan fingerprint density at radius 1 is 1.40 bits per heavy atom. The van der Waals surface area contributed by atoms with E-state index in [0.29, 0.717) is 28.6 Å². The minimum absolute atomic E-state index is 0.458. The van der Waals surface area contributed by atoms with Crippen LogP contribution in [-0.2, 0) is 13.0 Å². The fraction of sp³-hybridized carbons (Fsp3) is 0.222. The molecule has 0 unspecified atom stereocenters. The highest BCUT2D eigenvalue weighted by Crippen LogP contribution is 2.30. The SMILES string of the molecule is Cc1n[nH]c(CNCCc2cccs2)c1Oc1cc(Cl)cc(C#N)c1. The van der Waals surface area contributed by atoms with Crippen molar-refractivity contribution >= 4 is 22.9 Å². The lowest BCUT2D eigenvalue weighted by atomic mass is 10.2. The van der Waals surface area contributed by atoms with E-state index in [4.69, 9.17) is 21.6 Å². The van der Waals surface area contributed by atoms with Gasteiger partial charge < -0.3 is 10.1 Å². The van der Waals surface area contributed by atoms with Gasteiger partial charge in [0.15, 0.2) is 5.75 Å². The number of benzene rings is 1. The van der Waals surface area contributed by atoms with Crippen LogP contribution in [0.25, 0.3) is 0 Å². The zero-order chi connectivity index (χ0) is 17.6. The Labute approximate surface area is 155 Å². The van der Waals surface area contributed by atoms with Crippen LogP contribution in [0.5, 0.6) is 11.5 Å². The van der Waals surface area contributed by atoms with Gasteiger partial charge in [-0.1, -0.05) is 17.7 Å². The predicted molar refractivity (Wildman–Crippen MR) is 99.3 cm³/mol. The molecule has 0 bridgehead atoms. The molecule has 7 heteroatoms. The highest BCUT2D eigenvalue weighted by molar-refractivity contribution is 7.09. The van der Waals surface area contributed by atoms with Crippen LogP contribution in [0.3, 0.4) is 0 Å². The lowest BCUT2D eigenvalue weighted by Crippen LogP contribution is -2.17. The van der Waals surface area contributed by atoms with Crippen LogP contribution in [0.15, 0.2) is 35.7 Å². The van der Waals surface area contributed by atoms with E-state index in [1.807, 2.05) is 6.92 Å². The monoisotopic (exact) mass is 372 g/mol. The number of aryl methyl sites for hydroxylation is 1. The van der Waals surface area contributed by atoms with Crippen molar-refractivity contribution in [2.24, 2.45) is 0 Å². The van der Waals surface area contributed by atoms with E-state index in [1.165, 1.54) is 4.88 Å². The van der Waals surface area contributed by atoms with E-state index in [2.05, 4.69) is 39.1 Å². The molecule has 5 nitrogen and oxygen atoms in total. The van der Waals surface area contributed by atoms with E-state index in [1.54, 1.807) is 29.5 Å². The van der Waals surface area contributed by atoms with Crippen molar-refractivity contribution in [3.63, 3.8) is 0 Å². The zero-order valence-corrected chi connectivity index (χ0v) is 15.2. The highest BCUT2D eigenvalue weighted by Gasteiger charge is 2.13. The van der Waals surface area contributed by atoms with E-state index in [0.717, 1.165) is 24.4 Å². The number of thiophene rings is 1. The Hall–Kier alpha value is -2.33. The minimum Gasteiger partial charge on any atom is -0.453 e. The summed E-state index contributed by atoms with van der Waals surface area (Å²) in [4.78, 5) is 1.35. The standard InChI is InChI=1S/C18H17ClN4OS/c1-12-18(24-15-8-13(10-20)7-14(19)9-15)17(23-22-12)11-21-5-4-16-3-2-6-25-16/h2-3,6-9,21H,4-5,11H2,1H3,(H,22,23). The number of nitrogens with one attached hydrogen (secondary N) is 2. The molecule has 0 aliphatic rings. The molecule has 0 amide bonds. The molecule has 0 atom stereocenters. The van der Waals surface area contributed by atoms with Gasteiger partial charge >= 0.3 is 0 Å². The number of aromatic amines is 1. The molecule has 2 N–H and O–H groups in total. The van der Waals surface area contributed by atoms with E-state index < -0.39 is 0 Å². The molecule has 0 radical (unpaired) electrons. The molecule has 1 aromatic carbocycles. The van der Waals surface area contributed by atoms with Gasteiger partial charge in [0.1, 0.15) is 11.4 Å². The lowest BCUT2D eigenvalue weighted by Gasteiger charge is -2.09. The quantitative estimate of drug-likeness (QED) is 0.602. The zero-order valence-electron chi connectivity index (χ0n) is 13.7. The fourth-order valence-corrected chi connectivity index (χ4v) is 3.34. The van der Waals surface area contributed by atoms with Crippen LogP contribution in [0.4, 0.5) is 0 Å². The van der Waals surface area contributed by atoms with E-state index in [-0.39, 0.29) is 0 Å². The third kappa shape index (κ3) is 4.60.